The van der Waals surface area contributed by atoms with Crippen LogP contribution in [0, 0.1) is 11.7 Å². The SMILES string of the molecule is CC1CCC(CO)(NC(=O)c2ccc(F)cn2)CC1. The first-order valence-corrected chi connectivity index (χ1v) is 6.60. The maximum Gasteiger partial charge on any atom is 0.270 e. The summed E-state index contributed by atoms with van der Waals surface area (Å²) in [6, 6.07) is 2.55. The van der Waals surface area contributed by atoms with Gasteiger partial charge in [-0.1, -0.05) is 6.92 Å². The number of hydrogen-bond donors (Lipinski definition) is 2. The lowest BCUT2D eigenvalue weighted by atomic mass is 9.77. The fourth-order valence-electron chi connectivity index (χ4n) is 2.45. The molecule has 2 rings (SSSR count). The van der Waals surface area contributed by atoms with E-state index in [1.165, 1.54) is 12.1 Å². The molecule has 104 valence electrons. The Morgan fingerprint density at radius 1 is 1.53 bits per heavy atom. The van der Waals surface area contributed by atoms with Gasteiger partial charge >= 0.3 is 0 Å². The van der Waals surface area contributed by atoms with Gasteiger partial charge in [-0.15, -0.1) is 0 Å². The molecule has 0 unspecified atom stereocenters. The highest BCUT2D eigenvalue weighted by Crippen LogP contribution is 2.31. The number of rotatable bonds is 3. The van der Waals surface area contributed by atoms with Crippen molar-refractivity contribution in [2.45, 2.75) is 38.1 Å². The Morgan fingerprint density at radius 2 is 2.21 bits per heavy atom. The number of nitrogens with zero attached hydrogens (tertiary/aromatic N) is 1. The lowest BCUT2D eigenvalue weighted by Gasteiger charge is -2.38. The van der Waals surface area contributed by atoms with E-state index in [4.69, 9.17) is 0 Å². The van der Waals surface area contributed by atoms with E-state index in [2.05, 4.69) is 17.2 Å². The molecule has 5 heteroatoms. The molecule has 2 N–H and O–H groups in total. The second-order valence-corrected chi connectivity index (χ2v) is 5.44. The van der Waals surface area contributed by atoms with Crippen molar-refractivity contribution in [2.24, 2.45) is 5.92 Å². The van der Waals surface area contributed by atoms with Crippen LogP contribution in [0.25, 0.3) is 0 Å². The van der Waals surface area contributed by atoms with Crippen molar-refractivity contribution in [3.05, 3.63) is 29.8 Å². The largest absolute Gasteiger partial charge is 0.394 e. The summed E-state index contributed by atoms with van der Waals surface area (Å²) in [4.78, 5) is 15.8. The smallest absolute Gasteiger partial charge is 0.270 e. The maximum absolute atomic E-state index is 12.8. The van der Waals surface area contributed by atoms with E-state index in [0.717, 1.165) is 31.9 Å². The van der Waals surface area contributed by atoms with E-state index in [0.29, 0.717) is 5.92 Å². The van der Waals surface area contributed by atoms with Gasteiger partial charge in [0.2, 0.25) is 0 Å². The highest BCUT2D eigenvalue weighted by atomic mass is 19.1. The third-order valence-electron chi connectivity index (χ3n) is 3.87. The minimum Gasteiger partial charge on any atom is -0.394 e. The second kappa shape index (κ2) is 5.65. The third-order valence-corrected chi connectivity index (χ3v) is 3.87. The summed E-state index contributed by atoms with van der Waals surface area (Å²) in [5.74, 6) is -0.205. The number of halogens is 1. The summed E-state index contributed by atoms with van der Waals surface area (Å²) in [5.41, 5.74) is -0.382. The number of carbonyl (C=O) groups is 1. The van der Waals surface area contributed by atoms with Crippen molar-refractivity contribution in [3.8, 4) is 0 Å². The molecule has 0 aliphatic heterocycles. The summed E-state index contributed by atoms with van der Waals surface area (Å²) in [6.45, 7) is 2.09. The van der Waals surface area contributed by atoms with Gasteiger partial charge in [-0.25, -0.2) is 9.37 Å². The van der Waals surface area contributed by atoms with E-state index >= 15 is 0 Å². The van der Waals surface area contributed by atoms with Gasteiger partial charge in [0.15, 0.2) is 0 Å². The highest BCUT2D eigenvalue weighted by molar-refractivity contribution is 5.92. The molecule has 1 fully saturated rings. The van der Waals surface area contributed by atoms with Crippen LogP contribution in [0.15, 0.2) is 18.3 Å². The lowest BCUT2D eigenvalue weighted by Crippen LogP contribution is -2.53. The average Bonchev–Trinajstić information content (AvgIpc) is 2.42. The summed E-state index contributed by atoms with van der Waals surface area (Å²) >= 11 is 0. The first kappa shape index (κ1) is 13.9. The Bertz CT molecular complexity index is 439. The van der Waals surface area contributed by atoms with Crippen LogP contribution in [0.1, 0.15) is 43.1 Å². The molecule has 1 aromatic heterocycles. The van der Waals surface area contributed by atoms with Crippen molar-refractivity contribution >= 4 is 5.91 Å². The van der Waals surface area contributed by atoms with Crippen LogP contribution >= 0.6 is 0 Å². The minimum absolute atomic E-state index is 0.0767. The number of carbonyl (C=O) groups excluding carboxylic acids is 1. The van der Waals surface area contributed by atoms with Crippen molar-refractivity contribution in [1.29, 1.82) is 0 Å². The Labute approximate surface area is 112 Å². The zero-order valence-corrected chi connectivity index (χ0v) is 11.0. The van der Waals surface area contributed by atoms with Crippen LogP contribution in [-0.2, 0) is 0 Å². The van der Waals surface area contributed by atoms with E-state index < -0.39 is 11.4 Å². The number of nitrogens with one attached hydrogen (secondary N) is 1. The van der Waals surface area contributed by atoms with E-state index in [1.54, 1.807) is 0 Å². The molecule has 0 saturated heterocycles. The number of aliphatic hydroxyl groups excluding tert-OH is 1. The molecular formula is C14H19FN2O2. The Hall–Kier alpha value is -1.49. The van der Waals surface area contributed by atoms with E-state index in [9.17, 15) is 14.3 Å². The fourth-order valence-corrected chi connectivity index (χ4v) is 2.45. The van der Waals surface area contributed by atoms with Gasteiger partial charge < -0.3 is 10.4 Å². The second-order valence-electron chi connectivity index (χ2n) is 5.44. The Morgan fingerprint density at radius 3 is 2.74 bits per heavy atom. The fraction of sp³-hybridized carbons (Fsp3) is 0.571. The minimum atomic E-state index is -0.556. The van der Waals surface area contributed by atoms with E-state index in [1.807, 2.05) is 0 Å². The van der Waals surface area contributed by atoms with Crippen LogP contribution in [0.5, 0.6) is 0 Å². The zero-order chi connectivity index (χ0) is 13.9. The van der Waals surface area contributed by atoms with Crippen LogP contribution in [-0.4, -0.2) is 28.1 Å². The number of aromatic nitrogens is 1. The molecule has 1 aliphatic rings. The molecule has 1 aromatic rings. The predicted octanol–water partition coefficient (Wildman–Crippen LogP) is 1.89. The summed E-state index contributed by atoms with van der Waals surface area (Å²) in [7, 11) is 0. The average molecular weight is 266 g/mol. The monoisotopic (exact) mass is 266 g/mol. The van der Waals surface area contributed by atoms with Gasteiger partial charge in [0.05, 0.1) is 18.3 Å². The highest BCUT2D eigenvalue weighted by Gasteiger charge is 2.35. The van der Waals surface area contributed by atoms with Gasteiger partial charge in [0.1, 0.15) is 11.5 Å². The molecular weight excluding hydrogens is 247 g/mol. The third kappa shape index (κ3) is 3.29. The standard InChI is InChI=1S/C14H19FN2O2/c1-10-4-6-14(9-18,7-5-10)17-13(19)12-3-2-11(15)8-16-12/h2-3,8,10,18H,4-7,9H2,1H3,(H,17,19). The lowest BCUT2D eigenvalue weighted by molar-refractivity contribution is 0.0712. The van der Waals surface area contributed by atoms with Crippen molar-refractivity contribution in [3.63, 3.8) is 0 Å². The molecule has 1 heterocycles. The van der Waals surface area contributed by atoms with Crippen LogP contribution in [0.3, 0.4) is 0 Å². The van der Waals surface area contributed by atoms with Crippen molar-refractivity contribution in [1.82, 2.24) is 10.3 Å². The molecule has 0 spiro atoms. The molecule has 1 aliphatic carbocycles. The molecule has 1 saturated carbocycles. The Kier molecular flexibility index (Phi) is 4.14. The van der Waals surface area contributed by atoms with Crippen molar-refractivity contribution in [2.75, 3.05) is 6.61 Å². The predicted molar refractivity (Wildman–Crippen MR) is 69.1 cm³/mol. The quantitative estimate of drug-likeness (QED) is 0.878. The molecule has 0 atom stereocenters. The molecule has 0 aromatic carbocycles. The molecule has 0 radical (unpaired) electrons. The zero-order valence-electron chi connectivity index (χ0n) is 11.0. The summed E-state index contributed by atoms with van der Waals surface area (Å²) < 4.78 is 12.8. The molecule has 1 amide bonds. The molecule has 0 bridgehead atoms. The maximum atomic E-state index is 12.8. The number of pyridine rings is 1. The molecule has 19 heavy (non-hydrogen) atoms. The van der Waals surface area contributed by atoms with Gasteiger partial charge in [0, 0.05) is 0 Å². The van der Waals surface area contributed by atoms with Crippen LogP contribution in [0.4, 0.5) is 4.39 Å². The summed E-state index contributed by atoms with van der Waals surface area (Å²) in [6.07, 6.45) is 4.51. The van der Waals surface area contributed by atoms with Gasteiger partial charge in [0.25, 0.3) is 5.91 Å². The molecule has 4 nitrogen and oxygen atoms in total. The van der Waals surface area contributed by atoms with Gasteiger partial charge in [-0.3, -0.25) is 4.79 Å². The number of aliphatic hydroxyl groups is 1. The number of hydrogen-bond acceptors (Lipinski definition) is 3. The van der Waals surface area contributed by atoms with Gasteiger partial charge in [-0.2, -0.15) is 0 Å². The number of amides is 1. The van der Waals surface area contributed by atoms with Crippen LogP contribution in [0.2, 0.25) is 0 Å². The van der Waals surface area contributed by atoms with Crippen molar-refractivity contribution < 1.29 is 14.3 Å². The Balaban J connectivity index is 2.06. The van der Waals surface area contributed by atoms with E-state index in [-0.39, 0.29) is 18.2 Å². The summed E-state index contributed by atoms with van der Waals surface area (Å²) in [5, 5.41) is 12.4. The normalized spacial score (nSPS) is 27.0. The van der Waals surface area contributed by atoms with Gasteiger partial charge in [-0.05, 0) is 43.7 Å². The topological polar surface area (TPSA) is 62.2 Å². The first-order chi connectivity index (χ1) is 9.04. The van der Waals surface area contributed by atoms with Crippen LogP contribution < -0.4 is 5.32 Å². The first-order valence-electron chi connectivity index (χ1n) is 6.60.